The Bertz CT molecular complexity index is 1880. The predicted octanol–water partition coefficient (Wildman–Crippen LogP) is 7.19. The number of methoxy groups -OCH3 is 1. The standard InChI is InChI=1S/C42H48N4O5/c1-49-35-16-14-32(15-17-35)29-42(20-8-22-45(41(42)48)30-33-9-3-2-4-10-33)21-25-44-23-18-34(19-24-44)39(47)40-43-37-12-5-6-13-38(37)46(40)26-28-50-31-36-11-7-27-51-36/h2-7,9-17,27,34H,8,18-26,28-31H2,1H3. The second-order valence-electron chi connectivity index (χ2n) is 14.1. The number of hydrogen-bond acceptors (Lipinski definition) is 7. The summed E-state index contributed by atoms with van der Waals surface area (Å²) in [4.78, 5) is 37.8. The molecule has 1 amide bonds. The van der Waals surface area contributed by atoms with Crippen LogP contribution in [0.15, 0.2) is 102 Å². The number of carbonyl (C=O) groups is 2. The molecule has 2 aliphatic rings. The first-order valence-corrected chi connectivity index (χ1v) is 18.3. The number of ether oxygens (including phenoxy) is 2. The maximum absolute atomic E-state index is 14.4. The van der Waals surface area contributed by atoms with Gasteiger partial charge in [-0.2, -0.15) is 0 Å². The summed E-state index contributed by atoms with van der Waals surface area (Å²) in [5.74, 6) is 2.38. The van der Waals surface area contributed by atoms with Crippen LogP contribution in [0.5, 0.6) is 5.75 Å². The molecular weight excluding hydrogens is 640 g/mol. The van der Waals surface area contributed by atoms with Gasteiger partial charge in [-0.3, -0.25) is 9.59 Å². The van der Waals surface area contributed by atoms with Crippen LogP contribution < -0.4 is 4.74 Å². The van der Waals surface area contributed by atoms with Gasteiger partial charge in [0, 0.05) is 25.6 Å². The van der Waals surface area contributed by atoms with Crippen molar-refractivity contribution < 1.29 is 23.5 Å². The molecule has 1 unspecified atom stereocenters. The van der Waals surface area contributed by atoms with Crippen molar-refractivity contribution in [3.05, 3.63) is 120 Å². The zero-order valence-electron chi connectivity index (χ0n) is 29.5. The van der Waals surface area contributed by atoms with Crippen LogP contribution in [0, 0.1) is 11.3 Å². The summed E-state index contributed by atoms with van der Waals surface area (Å²) in [5, 5.41) is 0. The lowest BCUT2D eigenvalue weighted by molar-refractivity contribution is -0.148. The van der Waals surface area contributed by atoms with Crippen molar-refractivity contribution in [3.63, 3.8) is 0 Å². The monoisotopic (exact) mass is 688 g/mol. The fourth-order valence-corrected chi connectivity index (χ4v) is 7.91. The number of piperidine rings is 2. The number of para-hydroxylation sites is 2. The van der Waals surface area contributed by atoms with E-state index in [9.17, 15) is 9.59 Å². The number of ketones is 1. The minimum absolute atomic E-state index is 0.0909. The molecule has 2 aromatic heterocycles. The van der Waals surface area contributed by atoms with E-state index in [0.717, 1.165) is 92.0 Å². The third-order valence-electron chi connectivity index (χ3n) is 10.8. The number of Topliss-reactive ketones (excluding diaryl/α,β-unsaturated/α-hetero) is 1. The molecule has 4 heterocycles. The van der Waals surface area contributed by atoms with Gasteiger partial charge in [-0.25, -0.2) is 4.98 Å². The molecule has 2 aliphatic heterocycles. The van der Waals surface area contributed by atoms with Crippen LogP contribution in [0.3, 0.4) is 0 Å². The van der Waals surface area contributed by atoms with Gasteiger partial charge in [-0.05, 0) is 106 Å². The quantitative estimate of drug-likeness (QED) is 0.0850. The minimum atomic E-state index is -0.474. The molecule has 2 saturated heterocycles. The van der Waals surface area contributed by atoms with E-state index in [-0.39, 0.29) is 17.6 Å². The molecule has 2 fully saturated rings. The van der Waals surface area contributed by atoms with Gasteiger partial charge in [0.1, 0.15) is 18.1 Å². The molecule has 3 aromatic carbocycles. The highest BCUT2D eigenvalue weighted by atomic mass is 16.5. The number of carbonyl (C=O) groups excluding carboxylic acids is 2. The molecule has 1 atom stereocenters. The first kappa shape index (κ1) is 34.7. The van der Waals surface area contributed by atoms with E-state index in [4.69, 9.17) is 18.9 Å². The summed E-state index contributed by atoms with van der Waals surface area (Å²) < 4.78 is 18.7. The lowest BCUT2D eigenvalue weighted by Gasteiger charge is -2.43. The normalized spacial score (nSPS) is 18.8. The smallest absolute Gasteiger partial charge is 0.229 e. The van der Waals surface area contributed by atoms with E-state index in [1.54, 1.807) is 13.4 Å². The van der Waals surface area contributed by atoms with Gasteiger partial charge in [0.15, 0.2) is 5.82 Å². The summed E-state index contributed by atoms with van der Waals surface area (Å²) >= 11 is 0. The molecule has 0 N–H and O–H groups in total. The zero-order valence-corrected chi connectivity index (χ0v) is 29.5. The fraction of sp³-hybridized carbons (Fsp3) is 0.405. The van der Waals surface area contributed by atoms with E-state index in [1.807, 2.05) is 71.3 Å². The van der Waals surface area contributed by atoms with Crippen molar-refractivity contribution in [2.45, 2.75) is 58.2 Å². The first-order chi connectivity index (χ1) is 25.0. The molecule has 9 nitrogen and oxygen atoms in total. The van der Waals surface area contributed by atoms with Crippen molar-refractivity contribution in [1.29, 1.82) is 0 Å². The van der Waals surface area contributed by atoms with E-state index in [1.165, 1.54) is 0 Å². The SMILES string of the molecule is COc1ccc(CC2(CCN3CCC(C(=O)c4nc5ccccc5n4CCOCc4ccco4)CC3)CCCN(Cc3ccccc3)C2=O)cc1. The lowest BCUT2D eigenvalue weighted by Crippen LogP contribution is -2.51. The van der Waals surface area contributed by atoms with Crippen LogP contribution in [-0.4, -0.2) is 70.9 Å². The van der Waals surface area contributed by atoms with Gasteiger partial charge in [0.2, 0.25) is 11.7 Å². The molecule has 0 bridgehead atoms. The van der Waals surface area contributed by atoms with E-state index in [0.29, 0.717) is 38.5 Å². The Balaban J connectivity index is 1.00. The number of benzene rings is 3. The number of aromatic nitrogens is 2. The molecule has 9 heteroatoms. The largest absolute Gasteiger partial charge is 0.497 e. The maximum Gasteiger partial charge on any atom is 0.229 e. The number of rotatable bonds is 15. The molecule has 0 aliphatic carbocycles. The number of amides is 1. The molecule has 7 rings (SSSR count). The Labute approximate surface area is 300 Å². The van der Waals surface area contributed by atoms with Crippen LogP contribution >= 0.6 is 0 Å². The summed E-state index contributed by atoms with van der Waals surface area (Å²) in [6.45, 7) is 5.26. The molecule has 0 saturated carbocycles. The van der Waals surface area contributed by atoms with Crippen LogP contribution in [-0.2, 0) is 35.6 Å². The minimum Gasteiger partial charge on any atom is -0.497 e. The Morgan fingerprint density at radius 1 is 0.902 bits per heavy atom. The van der Waals surface area contributed by atoms with Crippen molar-refractivity contribution in [2.24, 2.45) is 11.3 Å². The molecule has 0 spiro atoms. The third-order valence-corrected chi connectivity index (χ3v) is 10.8. The second kappa shape index (κ2) is 16.1. The van der Waals surface area contributed by atoms with E-state index >= 15 is 0 Å². The lowest BCUT2D eigenvalue weighted by atomic mass is 9.71. The number of imidazole rings is 1. The molecule has 266 valence electrons. The summed E-state index contributed by atoms with van der Waals surface area (Å²) in [6.07, 6.45) is 6.54. The Morgan fingerprint density at radius 2 is 1.69 bits per heavy atom. The summed E-state index contributed by atoms with van der Waals surface area (Å²) in [7, 11) is 1.68. The predicted molar refractivity (Wildman–Crippen MR) is 196 cm³/mol. The van der Waals surface area contributed by atoms with Crippen molar-refractivity contribution in [2.75, 3.05) is 39.9 Å². The van der Waals surface area contributed by atoms with Crippen LogP contribution in [0.1, 0.15) is 59.6 Å². The number of furan rings is 1. The highest BCUT2D eigenvalue weighted by Gasteiger charge is 2.44. The summed E-state index contributed by atoms with van der Waals surface area (Å²) in [6, 6.07) is 30.1. The number of nitrogens with zero attached hydrogens (tertiary/aromatic N) is 4. The third kappa shape index (κ3) is 8.10. The van der Waals surface area contributed by atoms with Gasteiger partial charge in [0.05, 0.1) is 36.4 Å². The number of hydrogen-bond donors (Lipinski definition) is 0. The average molecular weight is 689 g/mol. The van der Waals surface area contributed by atoms with Crippen molar-refractivity contribution in [3.8, 4) is 5.75 Å². The number of likely N-dealkylation sites (tertiary alicyclic amines) is 2. The highest BCUT2D eigenvalue weighted by Crippen LogP contribution is 2.40. The number of fused-ring (bicyclic) bond motifs is 1. The van der Waals surface area contributed by atoms with E-state index in [2.05, 4.69) is 34.1 Å². The van der Waals surface area contributed by atoms with Gasteiger partial charge < -0.3 is 28.3 Å². The first-order valence-electron chi connectivity index (χ1n) is 18.3. The van der Waals surface area contributed by atoms with Crippen LogP contribution in [0.4, 0.5) is 0 Å². The van der Waals surface area contributed by atoms with Crippen LogP contribution in [0.25, 0.3) is 11.0 Å². The fourth-order valence-electron chi connectivity index (χ4n) is 7.91. The Hall–Kier alpha value is -4.73. The zero-order chi connectivity index (χ0) is 35.0. The van der Waals surface area contributed by atoms with Gasteiger partial charge in [0.25, 0.3) is 0 Å². The Morgan fingerprint density at radius 3 is 2.45 bits per heavy atom. The summed E-state index contributed by atoms with van der Waals surface area (Å²) in [5.41, 5.74) is 3.61. The second-order valence-corrected chi connectivity index (χ2v) is 14.1. The maximum atomic E-state index is 14.4. The highest BCUT2D eigenvalue weighted by molar-refractivity contribution is 5.98. The molecule has 0 radical (unpaired) electrons. The van der Waals surface area contributed by atoms with Crippen LogP contribution in [0.2, 0.25) is 0 Å². The van der Waals surface area contributed by atoms with E-state index < -0.39 is 5.41 Å². The average Bonchev–Trinajstić information content (AvgIpc) is 3.83. The Kier molecular flexibility index (Phi) is 10.9. The van der Waals surface area contributed by atoms with Gasteiger partial charge in [-0.15, -0.1) is 0 Å². The van der Waals surface area contributed by atoms with Gasteiger partial charge >= 0.3 is 0 Å². The molecule has 5 aromatic rings. The van der Waals surface area contributed by atoms with Gasteiger partial charge in [-0.1, -0.05) is 54.6 Å². The molecule has 51 heavy (non-hydrogen) atoms. The van der Waals surface area contributed by atoms with Crippen molar-refractivity contribution in [1.82, 2.24) is 19.4 Å². The molecular formula is C42H48N4O5. The topological polar surface area (TPSA) is 90.0 Å². The van der Waals surface area contributed by atoms with Crippen molar-refractivity contribution >= 4 is 22.7 Å².